The molecule has 1 aromatic heterocycles. The minimum Gasteiger partial charge on any atom is -0.461 e. The van der Waals surface area contributed by atoms with Crippen molar-refractivity contribution < 1.29 is 9.53 Å². The van der Waals surface area contributed by atoms with Crippen LogP contribution in [-0.2, 0) is 4.74 Å². The third-order valence-corrected chi connectivity index (χ3v) is 3.83. The molecule has 1 N–H and O–H groups in total. The topological polar surface area (TPSA) is 42.1 Å². The van der Waals surface area contributed by atoms with E-state index in [4.69, 9.17) is 16.3 Å². The molecule has 0 radical (unpaired) electrons. The van der Waals surface area contributed by atoms with Gasteiger partial charge in [-0.2, -0.15) is 0 Å². The zero-order chi connectivity index (χ0) is 16.2. The first-order valence-electron chi connectivity index (χ1n) is 7.40. The fourth-order valence-corrected chi connectivity index (χ4v) is 2.68. The molecule has 3 nitrogen and oxygen atoms in total. The van der Waals surface area contributed by atoms with Crippen LogP contribution in [0.15, 0.2) is 60.8 Å². The maximum atomic E-state index is 12.3. The highest BCUT2D eigenvalue weighted by Gasteiger charge is 2.20. The summed E-state index contributed by atoms with van der Waals surface area (Å²) in [6.07, 6.45) is 1.83. The monoisotopic (exact) mass is 325 g/mol. The molecule has 0 bridgehead atoms. The van der Waals surface area contributed by atoms with E-state index in [2.05, 4.69) is 4.98 Å². The fraction of sp³-hybridized carbons (Fsp3) is 0.105. The molecule has 0 saturated heterocycles. The first-order valence-corrected chi connectivity index (χ1v) is 7.78. The van der Waals surface area contributed by atoms with Crippen LogP contribution in [0.5, 0.6) is 0 Å². The van der Waals surface area contributed by atoms with Gasteiger partial charge in [-0.05, 0) is 30.2 Å². The molecule has 1 heterocycles. The Bertz CT molecular complexity index is 807. The van der Waals surface area contributed by atoms with Gasteiger partial charge in [-0.15, -0.1) is 0 Å². The fourth-order valence-electron chi connectivity index (χ4n) is 2.55. The number of aromatic amines is 1. The van der Waals surface area contributed by atoms with E-state index in [9.17, 15) is 4.79 Å². The molecule has 116 valence electrons. The number of hydrogen-bond acceptors (Lipinski definition) is 2. The SMILES string of the molecule is CCOC(=O)c1[nH]cc(-c2ccc(Cl)cc2)c1-c1ccccc1. The minimum absolute atomic E-state index is 0.336. The Morgan fingerprint density at radius 2 is 1.74 bits per heavy atom. The molecular formula is C19H16ClNO2. The molecule has 3 aromatic rings. The highest BCUT2D eigenvalue weighted by atomic mass is 35.5. The Morgan fingerprint density at radius 1 is 1.04 bits per heavy atom. The highest BCUT2D eigenvalue weighted by Crippen LogP contribution is 2.35. The molecule has 0 aliphatic rings. The maximum Gasteiger partial charge on any atom is 0.355 e. The Morgan fingerprint density at radius 3 is 2.39 bits per heavy atom. The number of aromatic nitrogens is 1. The summed E-state index contributed by atoms with van der Waals surface area (Å²) in [6.45, 7) is 2.13. The lowest BCUT2D eigenvalue weighted by Crippen LogP contribution is -2.06. The van der Waals surface area contributed by atoms with Crippen molar-refractivity contribution in [2.24, 2.45) is 0 Å². The van der Waals surface area contributed by atoms with Crippen molar-refractivity contribution in [2.75, 3.05) is 6.61 Å². The zero-order valence-corrected chi connectivity index (χ0v) is 13.4. The van der Waals surface area contributed by atoms with Crippen LogP contribution in [0.2, 0.25) is 5.02 Å². The van der Waals surface area contributed by atoms with Gasteiger partial charge in [0.25, 0.3) is 0 Å². The second-order valence-electron chi connectivity index (χ2n) is 5.05. The maximum absolute atomic E-state index is 12.3. The minimum atomic E-state index is -0.355. The van der Waals surface area contributed by atoms with Gasteiger partial charge >= 0.3 is 5.97 Å². The number of carbonyl (C=O) groups excluding carboxylic acids is 1. The number of nitrogens with one attached hydrogen (secondary N) is 1. The summed E-state index contributed by atoms with van der Waals surface area (Å²) < 4.78 is 5.17. The van der Waals surface area contributed by atoms with Crippen molar-refractivity contribution in [3.05, 3.63) is 71.5 Å². The molecule has 0 unspecified atom stereocenters. The summed E-state index contributed by atoms with van der Waals surface area (Å²) in [5.74, 6) is -0.355. The molecule has 0 amide bonds. The molecule has 23 heavy (non-hydrogen) atoms. The summed E-state index contributed by atoms with van der Waals surface area (Å²) in [5, 5.41) is 0.677. The van der Waals surface area contributed by atoms with E-state index in [0.717, 1.165) is 22.3 Å². The number of rotatable bonds is 4. The van der Waals surface area contributed by atoms with E-state index in [1.165, 1.54) is 0 Å². The predicted octanol–water partition coefficient (Wildman–Crippen LogP) is 5.18. The Hall–Kier alpha value is -2.52. The lowest BCUT2D eigenvalue weighted by atomic mass is 9.97. The van der Waals surface area contributed by atoms with Crippen LogP contribution in [0.25, 0.3) is 22.3 Å². The van der Waals surface area contributed by atoms with Crippen LogP contribution in [0.3, 0.4) is 0 Å². The van der Waals surface area contributed by atoms with Gasteiger partial charge in [0, 0.05) is 22.3 Å². The summed E-state index contributed by atoms with van der Waals surface area (Å²) in [5.41, 5.74) is 4.19. The largest absolute Gasteiger partial charge is 0.461 e. The molecule has 0 spiro atoms. The molecule has 3 rings (SSSR count). The van der Waals surface area contributed by atoms with E-state index < -0.39 is 0 Å². The lowest BCUT2D eigenvalue weighted by molar-refractivity contribution is 0.0521. The van der Waals surface area contributed by atoms with Crippen LogP contribution in [0.4, 0.5) is 0 Å². The van der Waals surface area contributed by atoms with Crippen molar-refractivity contribution in [2.45, 2.75) is 6.92 Å². The summed E-state index contributed by atoms with van der Waals surface area (Å²) in [6, 6.07) is 17.3. The van der Waals surface area contributed by atoms with Gasteiger partial charge in [-0.1, -0.05) is 54.1 Å². The number of halogens is 1. The smallest absolute Gasteiger partial charge is 0.355 e. The second-order valence-corrected chi connectivity index (χ2v) is 5.48. The van der Waals surface area contributed by atoms with E-state index >= 15 is 0 Å². The van der Waals surface area contributed by atoms with Gasteiger partial charge in [0.05, 0.1) is 6.61 Å². The lowest BCUT2D eigenvalue weighted by Gasteiger charge is -2.08. The van der Waals surface area contributed by atoms with Crippen LogP contribution < -0.4 is 0 Å². The highest BCUT2D eigenvalue weighted by molar-refractivity contribution is 6.30. The van der Waals surface area contributed by atoms with E-state index in [0.29, 0.717) is 17.3 Å². The molecule has 0 fully saturated rings. The Balaban J connectivity index is 2.17. The van der Waals surface area contributed by atoms with Crippen molar-refractivity contribution in [1.82, 2.24) is 4.98 Å². The van der Waals surface area contributed by atoms with Crippen LogP contribution in [-0.4, -0.2) is 17.6 Å². The molecule has 2 aromatic carbocycles. The first-order chi connectivity index (χ1) is 11.2. The van der Waals surface area contributed by atoms with Gasteiger partial charge in [0.2, 0.25) is 0 Å². The van der Waals surface area contributed by atoms with Gasteiger partial charge < -0.3 is 9.72 Å². The van der Waals surface area contributed by atoms with Crippen LogP contribution in [0.1, 0.15) is 17.4 Å². The Kier molecular flexibility index (Phi) is 4.49. The first kappa shape index (κ1) is 15.4. The third-order valence-electron chi connectivity index (χ3n) is 3.58. The van der Waals surface area contributed by atoms with Crippen molar-refractivity contribution in [1.29, 1.82) is 0 Å². The van der Waals surface area contributed by atoms with Crippen molar-refractivity contribution in [3.63, 3.8) is 0 Å². The van der Waals surface area contributed by atoms with E-state index in [1.807, 2.05) is 60.8 Å². The number of benzene rings is 2. The van der Waals surface area contributed by atoms with E-state index in [-0.39, 0.29) is 5.97 Å². The molecule has 0 saturated carbocycles. The number of esters is 1. The normalized spacial score (nSPS) is 10.5. The Labute approximate surface area is 139 Å². The molecule has 4 heteroatoms. The molecule has 0 aliphatic heterocycles. The second kappa shape index (κ2) is 6.71. The van der Waals surface area contributed by atoms with E-state index in [1.54, 1.807) is 6.92 Å². The summed E-state index contributed by atoms with van der Waals surface area (Å²) >= 11 is 5.97. The quantitative estimate of drug-likeness (QED) is 0.672. The number of carbonyl (C=O) groups is 1. The zero-order valence-electron chi connectivity index (χ0n) is 12.7. The predicted molar refractivity (Wildman–Crippen MR) is 92.6 cm³/mol. The molecule has 0 aliphatic carbocycles. The number of H-pyrrole nitrogens is 1. The van der Waals surface area contributed by atoms with Crippen LogP contribution in [0, 0.1) is 0 Å². The third kappa shape index (κ3) is 3.15. The van der Waals surface area contributed by atoms with Gasteiger partial charge in [-0.3, -0.25) is 0 Å². The number of hydrogen-bond donors (Lipinski definition) is 1. The van der Waals surface area contributed by atoms with Gasteiger partial charge in [0.1, 0.15) is 5.69 Å². The molecule has 0 atom stereocenters. The van der Waals surface area contributed by atoms with Gasteiger partial charge in [0.15, 0.2) is 0 Å². The summed E-state index contributed by atoms with van der Waals surface area (Å²) in [7, 11) is 0. The van der Waals surface area contributed by atoms with Gasteiger partial charge in [-0.25, -0.2) is 4.79 Å². The average molecular weight is 326 g/mol. The van der Waals surface area contributed by atoms with Crippen molar-refractivity contribution >= 4 is 17.6 Å². The average Bonchev–Trinajstić information content (AvgIpc) is 3.01. The molecular weight excluding hydrogens is 310 g/mol. The van der Waals surface area contributed by atoms with Crippen LogP contribution >= 0.6 is 11.6 Å². The standard InChI is InChI=1S/C19H16ClNO2/c1-2-23-19(22)18-17(14-6-4-3-5-7-14)16(12-21-18)13-8-10-15(20)11-9-13/h3-12,21H,2H2,1H3. The summed E-state index contributed by atoms with van der Waals surface area (Å²) in [4.78, 5) is 15.3. The number of ether oxygens (including phenoxy) is 1. The van der Waals surface area contributed by atoms with Crippen molar-refractivity contribution in [3.8, 4) is 22.3 Å².